The Kier molecular flexibility index (Phi) is 9.70. The van der Waals surface area contributed by atoms with Crippen LogP contribution in [0.1, 0.15) is 29.6 Å². The zero-order valence-electron chi connectivity index (χ0n) is 21.7. The van der Waals surface area contributed by atoms with Crippen LogP contribution in [0.3, 0.4) is 0 Å². The number of rotatable bonds is 7. The molecule has 0 atom stereocenters. The molecule has 0 aliphatic carbocycles. The molecule has 4 nitrogen and oxygen atoms in total. The standard InChI is InChI=1S/C33H31N2O2P.ClH/c36-32(27-16-6-1-7-17-27)34-31(33(37)35-24-14-5-15-25-35)26-38(28-18-8-2-9-19-28,29-20-10-3-11-21-29)30-22-12-4-13-23-30;/h1-4,6-13,16-23,26H,5,14-15,24-25H2;1H/b31-26+;. The molecule has 0 bridgehead atoms. The summed E-state index contributed by atoms with van der Waals surface area (Å²) in [5, 5.41) is 6.42. The van der Waals surface area contributed by atoms with Gasteiger partial charge in [0.25, 0.3) is 11.8 Å². The van der Waals surface area contributed by atoms with Crippen LogP contribution in [-0.2, 0) is 4.79 Å². The van der Waals surface area contributed by atoms with E-state index in [2.05, 4.69) is 47.5 Å². The lowest BCUT2D eigenvalue weighted by molar-refractivity contribution is -0.128. The molecule has 1 heterocycles. The highest BCUT2D eigenvalue weighted by molar-refractivity contribution is 7.98. The van der Waals surface area contributed by atoms with Gasteiger partial charge in [0.15, 0.2) is 0 Å². The molecule has 0 spiro atoms. The van der Waals surface area contributed by atoms with Crippen LogP contribution in [0.2, 0.25) is 0 Å². The lowest BCUT2D eigenvalue weighted by atomic mass is 10.1. The predicted octanol–water partition coefficient (Wildman–Crippen LogP) is 2.27. The molecule has 4 aromatic carbocycles. The average molecular weight is 555 g/mol. The number of halogens is 1. The Labute approximate surface area is 237 Å². The number of hydrogen-bond acceptors (Lipinski definition) is 2. The van der Waals surface area contributed by atoms with Gasteiger partial charge >= 0.3 is 0 Å². The summed E-state index contributed by atoms with van der Waals surface area (Å²) in [6.45, 7) is 1.40. The molecular formula is C33H32ClN2O2P. The highest BCUT2D eigenvalue weighted by Crippen LogP contribution is 2.57. The maximum Gasteiger partial charge on any atom is 0.273 e. The predicted molar refractivity (Wildman–Crippen MR) is 158 cm³/mol. The third kappa shape index (κ3) is 6.30. The Morgan fingerprint density at radius 3 is 1.46 bits per heavy atom. The van der Waals surface area contributed by atoms with E-state index in [0.29, 0.717) is 24.4 Å². The van der Waals surface area contributed by atoms with Crippen LogP contribution in [0.4, 0.5) is 0 Å². The van der Waals surface area contributed by atoms with Crippen molar-refractivity contribution in [1.29, 1.82) is 0 Å². The summed E-state index contributed by atoms with van der Waals surface area (Å²) in [6, 6.07) is 40.1. The molecule has 0 radical (unpaired) electrons. The quantitative estimate of drug-likeness (QED) is 0.281. The van der Waals surface area contributed by atoms with E-state index >= 15 is 0 Å². The molecular weight excluding hydrogens is 523 g/mol. The van der Waals surface area contributed by atoms with Crippen molar-refractivity contribution in [2.75, 3.05) is 13.1 Å². The molecule has 1 saturated heterocycles. The lowest BCUT2D eigenvalue weighted by Gasteiger charge is -2.29. The number of nitrogens with one attached hydrogen (secondary N) is 1. The Bertz CT molecular complexity index is 1290. The maximum atomic E-state index is 14.1. The molecule has 1 N–H and O–H groups in total. The molecule has 6 heteroatoms. The van der Waals surface area contributed by atoms with E-state index in [1.165, 1.54) is 0 Å². The molecule has 4 aromatic rings. The van der Waals surface area contributed by atoms with Gasteiger partial charge in [-0.15, -0.1) is 0 Å². The first-order valence-corrected chi connectivity index (χ1v) is 15.0. The first kappa shape index (κ1) is 28.3. The topological polar surface area (TPSA) is 49.4 Å². The van der Waals surface area contributed by atoms with Gasteiger partial charge in [0.2, 0.25) is 0 Å². The van der Waals surface area contributed by atoms with Gasteiger partial charge in [-0.1, -0.05) is 72.8 Å². The summed E-state index contributed by atoms with van der Waals surface area (Å²) >= 11 is 0. The van der Waals surface area contributed by atoms with Gasteiger partial charge in [0.05, 0.1) is 0 Å². The fourth-order valence-electron chi connectivity index (χ4n) is 5.05. The van der Waals surface area contributed by atoms with Gasteiger partial charge in [-0.05, 0) is 67.8 Å². The molecule has 1 fully saturated rings. The molecule has 1 aliphatic rings. The smallest absolute Gasteiger partial charge is 0.273 e. The molecule has 198 valence electrons. The minimum absolute atomic E-state index is 0. The van der Waals surface area contributed by atoms with Crippen molar-refractivity contribution >= 4 is 35.0 Å². The Balaban J connectivity index is 0.00000353. The van der Waals surface area contributed by atoms with Crippen molar-refractivity contribution in [3.63, 3.8) is 0 Å². The summed E-state index contributed by atoms with van der Waals surface area (Å²) in [5.74, 6) is 1.67. The number of piperidine rings is 1. The van der Waals surface area contributed by atoms with Crippen LogP contribution in [0.25, 0.3) is 0 Å². The van der Waals surface area contributed by atoms with Gasteiger partial charge < -0.3 is 22.6 Å². The fraction of sp³-hybridized carbons (Fsp3) is 0.152. The summed E-state index contributed by atoms with van der Waals surface area (Å²) in [4.78, 5) is 29.4. The molecule has 0 saturated carbocycles. The highest BCUT2D eigenvalue weighted by atomic mass is 35.5. The second-order valence-electron chi connectivity index (χ2n) is 9.45. The van der Waals surface area contributed by atoms with Gasteiger partial charge in [0, 0.05) is 18.7 Å². The van der Waals surface area contributed by atoms with Gasteiger partial charge in [0.1, 0.15) is 34.7 Å². The van der Waals surface area contributed by atoms with Crippen molar-refractivity contribution in [3.05, 3.63) is 138 Å². The van der Waals surface area contributed by atoms with E-state index in [4.69, 9.17) is 0 Å². The van der Waals surface area contributed by atoms with Crippen LogP contribution in [0, 0.1) is 0 Å². The highest BCUT2D eigenvalue weighted by Gasteiger charge is 2.45. The van der Waals surface area contributed by atoms with Crippen LogP contribution < -0.4 is 33.6 Å². The van der Waals surface area contributed by atoms with Crippen LogP contribution in [-0.4, -0.2) is 29.8 Å². The largest absolute Gasteiger partial charge is 1.00 e. The van der Waals surface area contributed by atoms with E-state index in [9.17, 15) is 9.59 Å². The lowest BCUT2D eigenvalue weighted by Crippen LogP contribution is -3.00. The van der Waals surface area contributed by atoms with Crippen molar-refractivity contribution in [3.8, 4) is 0 Å². The number of amides is 2. The molecule has 2 amide bonds. The van der Waals surface area contributed by atoms with Crippen LogP contribution >= 0.6 is 7.26 Å². The van der Waals surface area contributed by atoms with Gasteiger partial charge in [-0.25, -0.2) is 0 Å². The number of carbonyl (C=O) groups excluding carboxylic acids is 2. The third-order valence-corrected chi connectivity index (χ3v) is 11.0. The van der Waals surface area contributed by atoms with Crippen molar-refractivity contribution in [1.82, 2.24) is 10.2 Å². The number of benzene rings is 4. The van der Waals surface area contributed by atoms with E-state index < -0.39 is 7.26 Å². The van der Waals surface area contributed by atoms with Crippen molar-refractivity contribution < 1.29 is 22.0 Å². The van der Waals surface area contributed by atoms with Crippen molar-refractivity contribution in [2.24, 2.45) is 0 Å². The first-order chi connectivity index (χ1) is 18.7. The Hall–Kier alpha value is -3.72. The summed E-state index contributed by atoms with van der Waals surface area (Å²) in [6.07, 6.45) is 3.07. The number of carbonyl (C=O) groups is 2. The minimum atomic E-state index is -2.49. The maximum absolute atomic E-state index is 14.1. The SMILES string of the molecule is O=C(N/C(=C/[P+](c1ccccc1)(c1ccccc1)c1ccccc1)C(=O)N1CCCCC1)c1ccccc1.[Cl-]. The normalized spacial score (nSPS) is 13.7. The minimum Gasteiger partial charge on any atom is -1.00 e. The zero-order valence-corrected chi connectivity index (χ0v) is 23.4. The third-order valence-electron chi connectivity index (χ3n) is 6.97. The zero-order chi connectivity index (χ0) is 26.2. The Morgan fingerprint density at radius 2 is 1.03 bits per heavy atom. The van der Waals surface area contributed by atoms with E-state index in [1.807, 2.05) is 77.7 Å². The second kappa shape index (κ2) is 13.4. The summed E-state index contributed by atoms with van der Waals surface area (Å²) in [7, 11) is -2.49. The first-order valence-electron chi connectivity index (χ1n) is 13.1. The second-order valence-corrected chi connectivity index (χ2v) is 12.7. The summed E-state index contributed by atoms with van der Waals surface area (Å²) < 4.78 is 0. The fourth-order valence-corrected chi connectivity index (χ4v) is 8.88. The average Bonchev–Trinajstić information content (AvgIpc) is 3.01. The summed E-state index contributed by atoms with van der Waals surface area (Å²) in [5.41, 5.74) is 0.860. The van der Waals surface area contributed by atoms with E-state index in [0.717, 1.165) is 35.2 Å². The molecule has 0 aromatic heterocycles. The van der Waals surface area contributed by atoms with Gasteiger partial charge in [-0.3, -0.25) is 9.59 Å². The monoisotopic (exact) mass is 554 g/mol. The molecule has 0 unspecified atom stereocenters. The van der Waals surface area contributed by atoms with Crippen LogP contribution in [0.5, 0.6) is 0 Å². The van der Waals surface area contributed by atoms with E-state index in [-0.39, 0.29) is 24.2 Å². The number of likely N-dealkylation sites (tertiary alicyclic amines) is 1. The molecule has 1 aliphatic heterocycles. The van der Waals surface area contributed by atoms with Crippen molar-refractivity contribution in [2.45, 2.75) is 19.3 Å². The Morgan fingerprint density at radius 1 is 0.615 bits per heavy atom. The van der Waals surface area contributed by atoms with E-state index in [1.54, 1.807) is 12.1 Å². The molecule has 5 rings (SSSR count). The van der Waals surface area contributed by atoms with Gasteiger partial charge in [-0.2, -0.15) is 0 Å². The van der Waals surface area contributed by atoms with Crippen LogP contribution in [0.15, 0.2) is 133 Å². The number of nitrogens with zero attached hydrogens (tertiary/aromatic N) is 1. The molecule has 39 heavy (non-hydrogen) atoms. The number of hydrogen-bond donors (Lipinski definition) is 1.